The number of aryl methyl sites for hydroxylation is 2. The standard InChI is InChI=1S/C14H12N4O4/c1-8-12(9(2)22-16-8)14(20)21-7-18-13(19)10-5-3-4-6-11(10)15-17-18/h3-6H,7H2,1-2H3. The van der Waals surface area contributed by atoms with Crippen molar-refractivity contribution in [3.8, 4) is 0 Å². The van der Waals surface area contributed by atoms with Gasteiger partial charge in [0.2, 0.25) is 0 Å². The Balaban J connectivity index is 1.84. The number of nitrogens with zero attached hydrogens (tertiary/aromatic N) is 4. The van der Waals surface area contributed by atoms with Gasteiger partial charge in [0.05, 0.1) is 11.1 Å². The number of hydrogen-bond acceptors (Lipinski definition) is 7. The van der Waals surface area contributed by atoms with Gasteiger partial charge in [0.1, 0.15) is 16.8 Å². The highest BCUT2D eigenvalue weighted by Crippen LogP contribution is 2.13. The van der Waals surface area contributed by atoms with Crippen LogP contribution in [0, 0.1) is 13.8 Å². The highest BCUT2D eigenvalue weighted by atomic mass is 16.5. The number of ether oxygens (including phenoxy) is 1. The van der Waals surface area contributed by atoms with Crippen molar-refractivity contribution in [2.45, 2.75) is 20.6 Å². The SMILES string of the molecule is Cc1noc(C)c1C(=O)OCn1nnc2ccccc2c1=O. The number of fused-ring (bicyclic) bond motifs is 1. The number of esters is 1. The first kappa shape index (κ1) is 13.9. The molecule has 0 unspecified atom stereocenters. The maximum atomic E-state index is 12.2. The van der Waals surface area contributed by atoms with Crippen molar-refractivity contribution in [3.63, 3.8) is 0 Å². The van der Waals surface area contributed by atoms with Crippen LogP contribution in [0.2, 0.25) is 0 Å². The number of rotatable bonds is 3. The van der Waals surface area contributed by atoms with E-state index in [9.17, 15) is 9.59 Å². The largest absolute Gasteiger partial charge is 0.438 e. The molecule has 22 heavy (non-hydrogen) atoms. The van der Waals surface area contributed by atoms with E-state index in [1.54, 1.807) is 38.1 Å². The summed E-state index contributed by atoms with van der Waals surface area (Å²) < 4.78 is 11.0. The third-order valence-electron chi connectivity index (χ3n) is 3.18. The van der Waals surface area contributed by atoms with Crippen molar-refractivity contribution >= 4 is 16.9 Å². The number of hydrogen-bond donors (Lipinski definition) is 0. The molecular formula is C14H12N4O4. The molecule has 0 aliphatic rings. The van der Waals surface area contributed by atoms with E-state index in [0.29, 0.717) is 22.4 Å². The first-order valence-electron chi connectivity index (χ1n) is 6.50. The van der Waals surface area contributed by atoms with Crippen LogP contribution in [0.3, 0.4) is 0 Å². The third-order valence-corrected chi connectivity index (χ3v) is 3.18. The van der Waals surface area contributed by atoms with Gasteiger partial charge in [0.25, 0.3) is 5.56 Å². The van der Waals surface area contributed by atoms with Crippen LogP contribution >= 0.6 is 0 Å². The van der Waals surface area contributed by atoms with Gasteiger partial charge in [-0.05, 0) is 26.0 Å². The molecule has 0 atom stereocenters. The zero-order chi connectivity index (χ0) is 15.7. The Morgan fingerprint density at radius 1 is 1.32 bits per heavy atom. The van der Waals surface area contributed by atoms with Gasteiger partial charge in [-0.1, -0.05) is 22.5 Å². The van der Waals surface area contributed by atoms with Gasteiger partial charge in [-0.3, -0.25) is 4.79 Å². The average Bonchev–Trinajstić information content (AvgIpc) is 2.86. The average molecular weight is 300 g/mol. The monoisotopic (exact) mass is 300 g/mol. The zero-order valence-electron chi connectivity index (χ0n) is 11.9. The lowest BCUT2D eigenvalue weighted by molar-refractivity contribution is 0.0333. The van der Waals surface area contributed by atoms with Crippen LogP contribution in [0.25, 0.3) is 10.9 Å². The Bertz CT molecular complexity index is 893. The van der Waals surface area contributed by atoms with Crippen molar-refractivity contribution in [1.29, 1.82) is 0 Å². The maximum Gasteiger partial charge on any atom is 0.345 e. The van der Waals surface area contributed by atoms with Crippen molar-refractivity contribution in [2.24, 2.45) is 0 Å². The highest BCUT2D eigenvalue weighted by Gasteiger charge is 2.19. The van der Waals surface area contributed by atoms with Gasteiger partial charge >= 0.3 is 5.97 Å². The minimum atomic E-state index is -0.627. The summed E-state index contributed by atoms with van der Waals surface area (Å²) in [7, 11) is 0. The topological polar surface area (TPSA) is 100 Å². The summed E-state index contributed by atoms with van der Waals surface area (Å²) in [4.78, 5) is 24.2. The lowest BCUT2D eigenvalue weighted by atomic mass is 10.2. The van der Waals surface area contributed by atoms with Gasteiger partial charge in [0, 0.05) is 0 Å². The Morgan fingerprint density at radius 2 is 2.09 bits per heavy atom. The molecule has 8 heteroatoms. The van der Waals surface area contributed by atoms with Crippen LogP contribution in [0.15, 0.2) is 33.6 Å². The van der Waals surface area contributed by atoms with Gasteiger partial charge in [-0.2, -0.15) is 4.68 Å². The van der Waals surface area contributed by atoms with E-state index in [2.05, 4.69) is 15.5 Å². The summed E-state index contributed by atoms with van der Waals surface area (Å²) in [5.41, 5.74) is 0.791. The highest BCUT2D eigenvalue weighted by molar-refractivity contribution is 5.91. The molecule has 1 aromatic carbocycles. The van der Waals surface area contributed by atoms with Gasteiger partial charge < -0.3 is 9.26 Å². The van der Waals surface area contributed by atoms with Crippen LogP contribution in [-0.2, 0) is 11.5 Å². The summed E-state index contributed by atoms with van der Waals surface area (Å²) >= 11 is 0. The molecule has 0 spiro atoms. The van der Waals surface area contributed by atoms with E-state index >= 15 is 0 Å². The number of carbonyl (C=O) groups is 1. The third kappa shape index (κ3) is 2.34. The predicted molar refractivity (Wildman–Crippen MR) is 75.2 cm³/mol. The Morgan fingerprint density at radius 3 is 2.82 bits per heavy atom. The zero-order valence-corrected chi connectivity index (χ0v) is 11.9. The molecule has 3 rings (SSSR count). The van der Waals surface area contributed by atoms with Crippen LogP contribution < -0.4 is 5.56 Å². The minimum Gasteiger partial charge on any atom is -0.438 e. The Kier molecular flexibility index (Phi) is 3.42. The molecule has 8 nitrogen and oxygen atoms in total. The lowest BCUT2D eigenvalue weighted by Gasteiger charge is -2.06. The van der Waals surface area contributed by atoms with Crippen LogP contribution in [-0.4, -0.2) is 26.1 Å². The summed E-state index contributed by atoms with van der Waals surface area (Å²) in [5, 5.41) is 11.7. The maximum absolute atomic E-state index is 12.2. The first-order chi connectivity index (χ1) is 10.6. The second-order valence-corrected chi connectivity index (χ2v) is 4.67. The molecule has 3 aromatic rings. The normalized spacial score (nSPS) is 10.8. The first-order valence-corrected chi connectivity index (χ1v) is 6.50. The van der Waals surface area contributed by atoms with Gasteiger partial charge in [-0.15, -0.1) is 5.10 Å². The smallest absolute Gasteiger partial charge is 0.345 e. The minimum absolute atomic E-state index is 0.252. The number of carbonyl (C=O) groups excluding carboxylic acids is 1. The molecule has 0 N–H and O–H groups in total. The van der Waals surface area contributed by atoms with Crippen molar-refractivity contribution in [3.05, 3.63) is 51.6 Å². The molecule has 0 aliphatic carbocycles. The van der Waals surface area contributed by atoms with E-state index in [1.165, 1.54) is 0 Å². The van der Waals surface area contributed by atoms with E-state index in [1.807, 2.05) is 0 Å². The van der Waals surface area contributed by atoms with Crippen LogP contribution in [0.4, 0.5) is 0 Å². The predicted octanol–water partition coefficient (Wildman–Crippen LogP) is 1.21. The fraction of sp³-hybridized carbons (Fsp3) is 0.214. The number of benzene rings is 1. The molecule has 0 aliphatic heterocycles. The quantitative estimate of drug-likeness (QED) is 0.670. The van der Waals surface area contributed by atoms with Crippen molar-refractivity contribution in [2.75, 3.05) is 0 Å². The van der Waals surface area contributed by atoms with E-state index in [4.69, 9.17) is 9.26 Å². The van der Waals surface area contributed by atoms with Gasteiger partial charge in [-0.25, -0.2) is 4.79 Å². The van der Waals surface area contributed by atoms with E-state index in [-0.39, 0.29) is 17.9 Å². The van der Waals surface area contributed by atoms with E-state index < -0.39 is 5.97 Å². The molecule has 112 valence electrons. The molecule has 0 radical (unpaired) electrons. The summed E-state index contributed by atoms with van der Waals surface area (Å²) in [5.74, 6) is -0.266. The molecule has 0 saturated carbocycles. The molecule has 0 bridgehead atoms. The molecular weight excluding hydrogens is 288 g/mol. The second-order valence-electron chi connectivity index (χ2n) is 4.67. The molecule has 0 saturated heterocycles. The number of aromatic nitrogens is 4. The fourth-order valence-electron chi connectivity index (χ4n) is 2.07. The molecule has 0 amide bonds. The Hall–Kier alpha value is -3.03. The van der Waals surface area contributed by atoms with Gasteiger partial charge in [0.15, 0.2) is 6.73 Å². The van der Waals surface area contributed by atoms with Crippen molar-refractivity contribution < 1.29 is 14.1 Å². The molecule has 2 heterocycles. The summed E-state index contributed by atoms with van der Waals surface area (Å²) in [6.07, 6.45) is 0. The lowest BCUT2D eigenvalue weighted by Crippen LogP contribution is -2.26. The van der Waals surface area contributed by atoms with E-state index in [0.717, 1.165) is 4.68 Å². The Labute approximate surface area is 124 Å². The second kappa shape index (κ2) is 5.40. The van der Waals surface area contributed by atoms with Crippen LogP contribution in [0.5, 0.6) is 0 Å². The molecule has 0 fully saturated rings. The summed E-state index contributed by atoms with van der Waals surface area (Å²) in [6, 6.07) is 6.81. The fourth-order valence-corrected chi connectivity index (χ4v) is 2.07. The van der Waals surface area contributed by atoms with Crippen LogP contribution in [0.1, 0.15) is 21.8 Å². The van der Waals surface area contributed by atoms with Crippen molar-refractivity contribution in [1.82, 2.24) is 20.2 Å². The molecule has 2 aromatic heterocycles. The summed E-state index contributed by atoms with van der Waals surface area (Å²) in [6.45, 7) is 2.91.